The van der Waals surface area contributed by atoms with Crippen molar-refractivity contribution >= 4 is 11.2 Å². The normalized spacial score (nSPS) is 11.8. The van der Waals surface area contributed by atoms with Gasteiger partial charge in [-0.3, -0.25) is 9.36 Å². The van der Waals surface area contributed by atoms with Crippen LogP contribution in [0.25, 0.3) is 16.9 Å². The van der Waals surface area contributed by atoms with E-state index in [1.165, 1.54) is 28.9 Å². The van der Waals surface area contributed by atoms with Crippen LogP contribution in [0, 0.1) is 5.41 Å². The molecule has 112 valence electrons. The first-order valence-corrected chi connectivity index (χ1v) is 7.22. The van der Waals surface area contributed by atoms with Crippen LogP contribution in [0.4, 0.5) is 0 Å². The smallest absolute Gasteiger partial charge is 0.266 e. The van der Waals surface area contributed by atoms with Crippen molar-refractivity contribution in [3.05, 3.63) is 58.9 Å². The number of hydrogen-bond donors (Lipinski definition) is 0. The number of nitrogens with zero attached hydrogens (tertiary/aromatic N) is 4. The van der Waals surface area contributed by atoms with E-state index in [1.807, 2.05) is 24.3 Å². The Morgan fingerprint density at radius 3 is 2.36 bits per heavy atom. The van der Waals surface area contributed by atoms with Crippen molar-refractivity contribution in [2.75, 3.05) is 0 Å². The van der Waals surface area contributed by atoms with Crippen molar-refractivity contribution in [3.8, 4) is 5.69 Å². The van der Waals surface area contributed by atoms with Gasteiger partial charge in [0.2, 0.25) is 0 Å². The third kappa shape index (κ3) is 2.88. The summed E-state index contributed by atoms with van der Waals surface area (Å²) in [4.78, 5) is 24.8. The monoisotopic (exact) mass is 294 g/mol. The maximum absolute atomic E-state index is 12.5. The van der Waals surface area contributed by atoms with E-state index in [2.05, 4.69) is 35.7 Å². The van der Waals surface area contributed by atoms with Crippen LogP contribution < -0.4 is 5.56 Å². The van der Waals surface area contributed by atoms with Gasteiger partial charge in [0.05, 0.1) is 5.69 Å². The van der Waals surface area contributed by atoms with Gasteiger partial charge in [-0.15, -0.1) is 0 Å². The summed E-state index contributed by atoms with van der Waals surface area (Å²) < 4.78 is 1.50. The molecule has 2 aromatic heterocycles. The number of benzene rings is 1. The molecule has 0 amide bonds. The molecule has 0 saturated carbocycles. The standard InChI is InChI=1S/C17H18N4O/c1-17(2,3)10-12-4-6-13(7-5-12)21-11-20-15-14(16(21)22)18-8-9-19-15/h4-9,11H,10H2,1-3H3. The Bertz CT molecular complexity index is 860. The van der Waals surface area contributed by atoms with Crippen LogP contribution in [0.1, 0.15) is 26.3 Å². The maximum Gasteiger partial charge on any atom is 0.286 e. The number of rotatable bonds is 2. The minimum Gasteiger partial charge on any atom is -0.266 e. The molecule has 1 aromatic carbocycles. The second kappa shape index (κ2) is 5.33. The van der Waals surface area contributed by atoms with Gasteiger partial charge in [0.25, 0.3) is 5.56 Å². The first kappa shape index (κ1) is 14.4. The van der Waals surface area contributed by atoms with E-state index in [-0.39, 0.29) is 16.5 Å². The van der Waals surface area contributed by atoms with Crippen molar-refractivity contribution in [1.82, 2.24) is 19.5 Å². The Morgan fingerprint density at radius 1 is 1.00 bits per heavy atom. The zero-order valence-electron chi connectivity index (χ0n) is 12.9. The molecule has 3 aromatic rings. The molecule has 0 N–H and O–H groups in total. The quantitative estimate of drug-likeness (QED) is 0.729. The lowest BCUT2D eigenvalue weighted by Crippen LogP contribution is -2.20. The lowest BCUT2D eigenvalue weighted by atomic mass is 9.88. The molecule has 22 heavy (non-hydrogen) atoms. The molecule has 0 bridgehead atoms. The highest BCUT2D eigenvalue weighted by Gasteiger charge is 2.12. The maximum atomic E-state index is 12.5. The highest BCUT2D eigenvalue weighted by molar-refractivity contribution is 5.67. The molecule has 0 saturated heterocycles. The van der Waals surface area contributed by atoms with Crippen molar-refractivity contribution < 1.29 is 0 Å². The van der Waals surface area contributed by atoms with Crippen LogP contribution in [0.5, 0.6) is 0 Å². The fraction of sp³-hybridized carbons (Fsp3) is 0.294. The van der Waals surface area contributed by atoms with Crippen molar-refractivity contribution in [3.63, 3.8) is 0 Å². The lowest BCUT2D eigenvalue weighted by Gasteiger charge is -2.18. The van der Waals surface area contributed by atoms with E-state index in [4.69, 9.17) is 0 Å². The third-order valence-corrected chi connectivity index (χ3v) is 3.34. The predicted molar refractivity (Wildman–Crippen MR) is 86.1 cm³/mol. The van der Waals surface area contributed by atoms with E-state index in [9.17, 15) is 4.79 Å². The highest BCUT2D eigenvalue weighted by atomic mass is 16.1. The summed E-state index contributed by atoms with van der Waals surface area (Å²) in [7, 11) is 0. The van der Waals surface area contributed by atoms with Gasteiger partial charge in [-0.1, -0.05) is 32.9 Å². The Hall–Kier alpha value is -2.56. The largest absolute Gasteiger partial charge is 0.286 e. The Kier molecular flexibility index (Phi) is 3.48. The Balaban J connectivity index is 2.01. The fourth-order valence-corrected chi connectivity index (χ4v) is 2.43. The summed E-state index contributed by atoms with van der Waals surface area (Å²) in [5.41, 5.74) is 2.71. The Morgan fingerprint density at radius 2 is 1.68 bits per heavy atom. The second-order valence-corrected chi connectivity index (χ2v) is 6.55. The summed E-state index contributed by atoms with van der Waals surface area (Å²) in [5.74, 6) is 0. The fourth-order valence-electron chi connectivity index (χ4n) is 2.43. The zero-order valence-corrected chi connectivity index (χ0v) is 12.9. The van der Waals surface area contributed by atoms with Gasteiger partial charge in [-0.05, 0) is 29.5 Å². The average molecular weight is 294 g/mol. The summed E-state index contributed by atoms with van der Waals surface area (Å²) in [6.45, 7) is 6.62. The van der Waals surface area contributed by atoms with Crippen LogP contribution in [0.3, 0.4) is 0 Å². The average Bonchev–Trinajstić information content (AvgIpc) is 2.47. The molecular weight excluding hydrogens is 276 g/mol. The molecule has 0 aliphatic heterocycles. The van der Waals surface area contributed by atoms with Crippen LogP contribution in [-0.2, 0) is 6.42 Å². The minimum atomic E-state index is -0.207. The van der Waals surface area contributed by atoms with E-state index in [0.717, 1.165) is 12.1 Å². The molecule has 0 spiro atoms. The van der Waals surface area contributed by atoms with Gasteiger partial charge in [0.1, 0.15) is 6.33 Å². The molecular formula is C17H18N4O. The SMILES string of the molecule is CC(C)(C)Cc1ccc(-n2cnc3nccnc3c2=O)cc1. The Labute approximate surface area is 128 Å². The first-order chi connectivity index (χ1) is 10.4. The number of fused-ring (bicyclic) bond motifs is 1. The minimum absolute atomic E-state index is 0.207. The summed E-state index contributed by atoms with van der Waals surface area (Å²) in [5, 5.41) is 0. The molecule has 0 atom stereocenters. The predicted octanol–water partition coefficient (Wildman–Crippen LogP) is 2.76. The van der Waals surface area contributed by atoms with Gasteiger partial charge >= 0.3 is 0 Å². The topological polar surface area (TPSA) is 60.7 Å². The van der Waals surface area contributed by atoms with Crippen molar-refractivity contribution in [2.24, 2.45) is 5.41 Å². The van der Waals surface area contributed by atoms with E-state index < -0.39 is 0 Å². The third-order valence-electron chi connectivity index (χ3n) is 3.34. The van der Waals surface area contributed by atoms with Crippen LogP contribution in [0.2, 0.25) is 0 Å². The molecule has 0 aliphatic rings. The van der Waals surface area contributed by atoms with E-state index in [1.54, 1.807) is 0 Å². The van der Waals surface area contributed by atoms with Crippen LogP contribution in [-0.4, -0.2) is 19.5 Å². The van der Waals surface area contributed by atoms with Gasteiger partial charge in [-0.25, -0.2) is 15.0 Å². The van der Waals surface area contributed by atoms with Crippen molar-refractivity contribution in [2.45, 2.75) is 27.2 Å². The van der Waals surface area contributed by atoms with Crippen LogP contribution >= 0.6 is 0 Å². The number of aromatic nitrogens is 4. The molecule has 5 nitrogen and oxygen atoms in total. The zero-order chi connectivity index (χ0) is 15.7. The van der Waals surface area contributed by atoms with Gasteiger partial charge in [-0.2, -0.15) is 0 Å². The summed E-state index contributed by atoms with van der Waals surface area (Å²) >= 11 is 0. The first-order valence-electron chi connectivity index (χ1n) is 7.22. The van der Waals surface area contributed by atoms with Crippen LogP contribution in [0.15, 0.2) is 47.8 Å². The van der Waals surface area contributed by atoms with Gasteiger partial charge < -0.3 is 0 Å². The molecule has 0 fully saturated rings. The molecule has 5 heteroatoms. The molecule has 0 unspecified atom stereocenters. The molecule has 0 radical (unpaired) electrons. The van der Waals surface area contributed by atoms with E-state index in [0.29, 0.717) is 5.65 Å². The van der Waals surface area contributed by atoms with Gasteiger partial charge in [0.15, 0.2) is 11.2 Å². The molecule has 2 heterocycles. The number of hydrogen-bond acceptors (Lipinski definition) is 4. The second-order valence-electron chi connectivity index (χ2n) is 6.55. The highest BCUT2D eigenvalue weighted by Crippen LogP contribution is 2.21. The molecule has 0 aliphatic carbocycles. The van der Waals surface area contributed by atoms with Gasteiger partial charge in [0, 0.05) is 12.4 Å². The van der Waals surface area contributed by atoms with Crippen molar-refractivity contribution in [1.29, 1.82) is 0 Å². The molecule has 3 rings (SSSR count). The lowest BCUT2D eigenvalue weighted by molar-refractivity contribution is 0.411. The summed E-state index contributed by atoms with van der Waals surface area (Å²) in [6.07, 6.45) is 5.52. The van der Waals surface area contributed by atoms with E-state index >= 15 is 0 Å². The summed E-state index contributed by atoms with van der Waals surface area (Å²) in [6, 6.07) is 7.97.